The Morgan fingerprint density at radius 2 is 0.667 bits per heavy atom. The van der Waals surface area contributed by atoms with Gasteiger partial charge in [-0.05, 0) is 112 Å². The van der Waals surface area contributed by atoms with E-state index >= 15 is 0 Å². The molecule has 0 unspecified atom stereocenters. The van der Waals surface area contributed by atoms with Crippen LogP contribution in [0.25, 0.3) is 105 Å². The average molecular weight is 652 g/mol. The van der Waals surface area contributed by atoms with Gasteiger partial charge in [-0.15, -0.1) is 0 Å². The predicted molar refractivity (Wildman–Crippen MR) is 212 cm³/mol. The van der Waals surface area contributed by atoms with Gasteiger partial charge in [-0.2, -0.15) is 0 Å². The fourth-order valence-corrected chi connectivity index (χ4v) is 7.91. The zero-order valence-corrected chi connectivity index (χ0v) is 27.5. The predicted octanol–water partition coefficient (Wildman–Crippen LogP) is 13.6. The second kappa shape index (κ2) is 10.8. The van der Waals surface area contributed by atoms with Gasteiger partial charge in [0.25, 0.3) is 0 Å². The van der Waals surface area contributed by atoms with Gasteiger partial charge in [0, 0.05) is 38.0 Å². The molecule has 0 saturated carbocycles. The smallest absolute Gasteiger partial charge is 0.135 e. The largest absolute Gasteiger partial charge is 0.456 e. The molecule has 11 aromatic rings. The maximum Gasteiger partial charge on any atom is 0.135 e. The quantitative estimate of drug-likeness (QED) is 0.190. The third-order valence-electron chi connectivity index (χ3n) is 10.4. The molecule has 0 aliphatic heterocycles. The first kappa shape index (κ1) is 28.0. The van der Waals surface area contributed by atoms with Crippen molar-refractivity contribution < 1.29 is 8.83 Å². The molecule has 3 aromatic heterocycles. The molecule has 0 atom stereocenters. The van der Waals surface area contributed by atoms with Gasteiger partial charge in [-0.3, -0.25) is 0 Å². The maximum atomic E-state index is 6.37. The van der Waals surface area contributed by atoms with Gasteiger partial charge < -0.3 is 13.4 Å². The third-order valence-corrected chi connectivity index (χ3v) is 10.4. The number of fused-ring (bicyclic) bond motifs is 9. The van der Waals surface area contributed by atoms with Gasteiger partial charge in [0.05, 0.1) is 11.0 Å². The lowest BCUT2D eigenvalue weighted by atomic mass is 9.98. The van der Waals surface area contributed by atoms with Crippen molar-refractivity contribution in [3.8, 4) is 39.1 Å². The van der Waals surface area contributed by atoms with E-state index in [-0.39, 0.29) is 0 Å². The zero-order valence-electron chi connectivity index (χ0n) is 27.5. The summed E-state index contributed by atoms with van der Waals surface area (Å²) in [7, 11) is 0. The molecule has 0 saturated heterocycles. The van der Waals surface area contributed by atoms with Crippen molar-refractivity contribution in [3.63, 3.8) is 0 Å². The molecule has 0 aliphatic rings. The van der Waals surface area contributed by atoms with Gasteiger partial charge >= 0.3 is 0 Å². The third kappa shape index (κ3) is 4.38. The van der Waals surface area contributed by atoms with E-state index in [4.69, 9.17) is 8.83 Å². The molecule has 0 radical (unpaired) electrons. The number of aromatic nitrogens is 1. The first-order valence-corrected chi connectivity index (χ1v) is 17.3. The van der Waals surface area contributed by atoms with Crippen LogP contribution in [0.4, 0.5) is 0 Å². The molecule has 3 heteroatoms. The molecule has 0 fully saturated rings. The highest BCUT2D eigenvalue weighted by atomic mass is 16.3. The minimum Gasteiger partial charge on any atom is -0.456 e. The monoisotopic (exact) mass is 651 g/mol. The van der Waals surface area contributed by atoms with Crippen LogP contribution in [0.3, 0.4) is 0 Å². The highest BCUT2D eigenvalue weighted by Crippen LogP contribution is 2.40. The Hall–Kier alpha value is -6.84. The minimum absolute atomic E-state index is 0.884. The van der Waals surface area contributed by atoms with Crippen molar-refractivity contribution in [1.82, 2.24) is 4.57 Å². The topological polar surface area (TPSA) is 31.2 Å². The van der Waals surface area contributed by atoms with Crippen molar-refractivity contribution in [3.05, 3.63) is 176 Å². The van der Waals surface area contributed by atoms with Gasteiger partial charge in [0.1, 0.15) is 22.3 Å². The number of rotatable bonds is 4. The summed E-state index contributed by atoms with van der Waals surface area (Å²) >= 11 is 0. The lowest BCUT2D eigenvalue weighted by Crippen LogP contribution is -1.92. The molecular formula is C48H29NO2. The number of para-hydroxylation sites is 2. The van der Waals surface area contributed by atoms with Crippen molar-refractivity contribution >= 4 is 65.7 Å². The molecule has 0 spiro atoms. The Morgan fingerprint density at radius 1 is 0.275 bits per heavy atom. The van der Waals surface area contributed by atoms with E-state index in [0.717, 1.165) is 66.3 Å². The van der Waals surface area contributed by atoms with Gasteiger partial charge in [-0.1, -0.05) is 97.1 Å². The molecule has 51 heavy (non-hydrogen) atoms. The molecule has 11 rings (SSSR count). The first-order valence-electron chi connectivity index (χ1n) is 17.3. The molecule has 0 aliphatic carbocycles. The van der Waals surface area contributed by atoms with Gasteiger partial charge in [0.2, 0.25) is 0 Å². The number of benzene rings is 8. The molecule has 0 amide bonds. The molecule has 0 bridgehead atoms. The van der Waals surface area contributed by atoms with E-state index in [1.54, 1.807) is 0 Å². The van der Waals surface area contributed by atoms with Crippen LogP contribution in [0.15, 0.2) is 185 Å². The summed E-state index contributed by atoms with van der Waals surface area (Å²) in [6.45, 7) is 0. The van der Waals surface area contributed by atoms with Crippen molar-refractivity contribution in [2.24, 2.45) is 0 Å². The molecular weight excluding hydrogens is 623 g/mol. The first-order chi connectivity index (χ1) is 25.2. The Kier molecular flexibility index (Phi) is 5.96. The molecule has 3 nitrogen and oxygen atoms in total. The summed E-state index contributed by atoms with van der Waals surface area (Å²) in [4.78, 5) is 0. The van der Waals surface area contributed by atoms with Crippen molar-refractivity contribution in [1.29, 1.82) is 0 Å². The Bertz CT molecular complexity index is 3130. The van der Waals surface area contributed by atoms with Crippen molar-refractivity contribution in [2.75, 3.05) is 0 Å². The van der Waals surface area contributed by atoms with Crippen molar-refractivity contribution in [2.45, 2.75) is 0 Å². The fraction of sp³-hybridized carbons (Fsp3) is 0. The number of nitrogens with zero attached hydrogens (tertiary/aromatic N) is 1. The molecule has 8 aromatic carbocycles. The highest BCUT2D eigenvalue weighted by Gasteiger charge is 2.16. The fourth-order valence-electron chi connectivity index (χ4n) is 7.91. The number of hydrogen-bond acceptors (Lipinski definition) is 2. The summed E-state index contributed by atoms with van der Waals surface area (Å²) in [5.74, 6) is 0. The number of hydrogen-bond donors (Lipinski definition) is 0. The second-order valence-electron chi connectivity index (χ2n) is 13.3. The van der Waals surface area contributed by atoms with Crippen LogP contribution >= 0.6 is 0 Å². The normalized spacial score (nSPS) is 11.9. The van der Waals surface area contributed by atoms with E-state index in [9.17, 15) is 0 Å². The summed E-state index contributed by atoms with van der Waals surface area (Å²) in [5, 5.41) is 6.94. The van der Waals surface area contributed by atoms with Crippen LogP contribution in [-0.4, -0.2) is 4.57 Å². The van der Waals surface area contributed by atoms with E-state index in [1.165, 1.54) is 38.5 Å². The zero-order chi connectivity index (χ0) is 33.5. The molecule has 3 heterocycles. The Balaban J connectivity index is 1.02. The molecule has 238 valence electrons. The van der Waals surface area contributed by atoms with Crippen LogP contribution in [-0.2, 0) is 0 Å². The Morgan fingerprint density at radius 3 is 1.20 bits per heavy atom. The van der Waals surface area contributed by atoms with Crippen LogP contribution in [0.2, 0.25) is 0 Å². The maximum absolute atomic E-state index is 6.37. The van der Waals surface area contributed by atoms with E-state index in [0.29, 0.717) is 0 Å². The summed E-state index contributed by atoms with van der Waals surface area (Å²) in [6.07, 6.45) is 0. The van der Waals surface area contributed by atoms with Crippen LogP contribution in [0.5, 0.6) is 0 Å². The van der Waals surface area contributed by atoms with Crippen LogP contribution in [0, 0.1) is 0 Å². The summed E-state index contributed by atoms with van der Waals surface area (Å²) < 4.78 is 15.0. The second-order valence-corrected chi connectivity index (χ2v) is 13.3. The SMILES string of the molecule is c1ccc(-c2ccc3oc4ccc(-c5ccc6oc7ccc(-c8ccc9c(c8)c8ccccc8n9-c8ccccc8)cc7c6c5)cc4c3c2)cc1. The van der Waals surface area contributed by atoms with E-state index in [1.807, 2.05) is 6.07 Å². The van der Waals surface area contributed by atoms with Gasteiger partial charge in [0.15, 0.2) is 0 Å². The highest BCUT2D eigenvalue weighted by molar-refractivity contribution is 6.12. The minimum atomic E-state index is 0.884. The van der Waals surface area contributed by atoms with E-state index in [2.05, 4.69) is 174 Å². The van der Waals surface area contributed by atoms with Crippen LogP contribution < -0.4 is 0 Å². The lowest BCUT2D eigenvalue weighted by Gasteiger charge is -2.08. The molecule has 0 N–H and O–H groups in total. The summed E-state index contributed by atoms with van der Waals surface area (Å²) in [6, 6.07) is 62.6. The van der Waals surface area contributed by atoms with Crippen LogP contribution in [0.1, 0.15) is 0 Å². The van der Waals surface area contributed by atoms with E-state index < -0.39 is 0 Å². The van der Waals surface area contributed by atoms with Gasteiger partial charge in [-0.25, -0.2) is 0 Å². The lowest BCUT2D eigenvalue weighted by molar-refractivity contribution is 0.668. The number of furan rings is 2. The standard InChI is InChI=1S/C48H29NO2/c1-3-9-30(10-4-1)31-16-21-45-39(26-31)40-28-34(18-23-46(40)50-45)35-19-24-48-42(29-35)41-27-33(17-22-47(41)51-48)32-15-20-44-38(25-32)37-13-7-8-14-43(37)49(44)36-11-5-2-6-12-36/h1-29H. The summed E-state index contributed by atoms with van der Waals surface area (Å²) in [5.41, 5.74) is 14.1. The average Bonchev–Trinajstić information content (AvgIpc) is 3.86. The Labute approximate surface area is 293 Å².